The second kappa shape index (κ2) is 5.60. The summed E-state index contributed by atoms with van der Waals surface area (Å²) in [5.41, 5.74) is 2.93. The maximum atomic E-state index is 10.8. The monoisotopic (exact) mass is 282 g/mol. The zero-order chi connectivity index (χ0) is 13.1. The largest absolute Gasteiger partial charge is 0.477 e. The van der Waals surface area contributed by atoms with Crippen LogP contribution in [0.3, 0.4) is 0 Å². The third-order valence-corrected chi connectivity index (χ3v) is 4.53. The van der Waals surface area contributed by atoms with E-state index in [4.69, 9.17) is 5.11 Å². The van der Waals surface area contributed by atoms with Crippen LogP contribution in [0.5, 0.6) is 0 Å². The van der Waals surface area contributed by atoms with Crippen molar-refractivity contribution >= 4 is 28.6 Å². The molecule has 2 rings (SSSR count). The fourth-order valence-electron chi connectivity index (χ4n) is 1.62. The van der Waals surface area contributed by atoms with E-state index in [1.165, 1.54) is 16.2 Å². The summed E-state index contributed by atoms with van der Waals surface area (Å²) in [5.74, 6) is -0.854. The van der Waals surface area contributed by atoms with Crippen LogP contribution >= 0.6 is 22.7 Å². The summed E-state index contributed by atoms with van der Waals surface area (Å²) in [6.45, 7) is 3.61. The molecule has 1 N–H and O–H groups in total. The first kappa shape index (κ1) is 13.2. The molecule has 0 radical (unpaired) electrons. The van der Waals surface area contributed by atoms with Crippen molar-refractivity contribution in [2.45, 2.75) is 20.0 Å². The molecule has 0 unspecified atom stereocenters. The Kier molecular flexibility index (Phi) is 4.11. The predicted molar refractivity (Wildman–Crippen MR) is 73.3 cm³/mol. The van der Waals surface area contributed by atoms with Crippen LogP contribution in [-0.2, 0) is 13.1 Å². The average molecular weight is 282 g/mol. The minimum absolute atomic E-state index is 0.396. The van der Waals surface area contributed by atoms with Crippen LogP contribution in [-0.4, -0.2) is 28.0 Å². The zero-order valence-electron chi connectivity index (χ0n) is 10.2. The zero-order valence-corrected chi connectivity index (χ0v) is 11.8. The number of hydrogen-bond donors (Lipinski definition) is 1. The average Bonchev–Trinajstić information content (AvgIpc) is 2.89. The Balaban J connectivity index is 1.96. The van der Waals surface area contributed by atoms with Crippen molar-refractivity contribution in [2.24, 2.45) is 0 Å². The number of thiophene rings is 1. The van der Waals surface area contributed by atoms with Crippen molar-refractivity contribution in [2.75, 3.05) is 7.05 Å². The topological polar surface area (TPSA) is 53.4 Å². The van der Waals surface area contributed by atoms with Crippen LogP contribution in [0, 0.1) is 6.92 Å². The summed E-state index contributed by atoms with van der Waals surface area (Å²) in [6, 6.07) is 3.54. The van der Waals surface area contributed by atoms with Crippen LogP contribution in [0.15, 0.2) is 17.6 Å². The predicted octanol–water partition coefficient (Wildman–Crippen LogP) is 2.84. The highest BCUT2D eigenvalue weighted by atomic mass is 32.1. The molecule has 0 atom stereocenters. The van der Waals surface area contributed by atoms with Gasteiger partial charge >= 0.3 is 5.97 Å². The van der Waals surface area contributed by atoms with Gasteiger partial charge in [-0.05, 0) is 26.1 Å². The highest BCUT2D eigenvalue weighted by molar-refractivity contribution is 7.13. The lowest BCUT2D eigenvalue weighted by Crippen LogP contribution is -2.16. The molecule has 18 heavy (non-hydrogen) atoms. The molecule has 0 bridgehead atoms. The van der Waals surface area contributed by atoms with Crippen LogP contribution in [0.25, 0.3) is 0 Å². The van der Waals surface area contributed by atoms with Gasteiger partial charge in [0.1, 0.15) is 4.88 Å². The van der Waals surface area contributed by atoms with Gasteiger partial charge in [0.2, 0.25) is 0 Å². The minimum atomic E-state index is -0.854. The summed E-state index contributed by atoms with van der Waals surface area (Å²) in [5, 5.41) is 8.87. The molecule has 2 heterocycles. The molecule has 0 aliphatic carbocycles. The van der Waals surface area contributed by atoms with Gasteiger partial charge in [-0.25, -0.2) is 9.78 Å². The van der Waals surface area contributed by atoms with Gasteiger partial charge < -0.3 is 5.11 Å². The van der Waals surface area contributed by atoms with E-state index in [1.54, 1.807) is 17.4 Å². The molecule has 0 saturated heterocycles. The van der Waals surface area contributed by atoms with E-state index in [0.717, 1.165) is 23.7 Å². The normalized spacial score (nSPS) is 11.1. The number of aryl methyl sites for hydroxylation is 1. The molecule has 0 aromatic carbocycles. The molecule has 0 spiro atoms. The lowest BCUT2D eigenvalue weighted by Gasteiger charge is -2.14. The summed E-state index contributed by atoms with van der Waals surface area (Å²) in [4.78, 5) is 19.9. The molecule has 4 nitrogen and oxygen atoms in total. The Morgan fingerprint density at radius 2 is 2.22 bits per heavy atom. The second-order valence-corrected chi connectivity index (χ2v) is 6.21. The molecule has 6 heteroatoms. The molecule has 0 amide bonds. The van der Waals surface area contributed by atoms with E-state index in [9.17, 15) is 4.79 Å². The number of rotatable bonds is 5. The second-order valence-electron chi connectivity index (χ2n) is 4.10. The third kappa shape index (κ3) is 3.16. The first-order valence-corrected chi connectivity index (χ1v) is 7.15. The number of carboxylic acids is 1. The minimum Gasteiger partial charge on any atom is -0.477 e. The fourth-order valence-corrected chi connectivity index (χ4v) is 3.41. The number of thiazole rings is 1. The standard InChI is InChI=1S/C12H14N2O2S2/c1-8-11(17-7-13-8)6-14(2)5-9-3-4-10(18-9)12(15)16/h3-4,7H,5-6H2,1-2H3,(H,15,16). The van der Waals surface area contributed by atoms with Gasteiger partial charge in [-0.2, -0.15) is 0 Å². The molecule has 0 aliphatic heterocycles. The van der Waals surface area contributed by atoms with Crippen molar-refractivity contribution in [1.82, 2.24) is 9.88 Å². The first-order chi connectivity index (χ1) is 8.56. The number of nitrogens with zero attached hydrogens (tertiary/aromatic N) is 2. The summed E-state index contributed by atoms with van der Waals surface area (Å²) in [7, 11) is 2.03. The Labute approximate surface area is 114 Å². The van der Waals surface area contributed by atoms with Crippen molar-refractivity contribution < 1.29 is 9.90 Å². The Morgan fingerprint density at radius 1 is 1.44 bits per heavy atom. The number of aromatic nitrogens is 1. The summed E-state index contributed by atoms with van der Waals surface area (Å²) < 4.78 is 0. The number of carbonyl (C=O) groups is 1. The maximum absolute atomic E-state index is 10.8. The first-order valence-electron chi connectivity index (χ1n) is 5.46. The van der Waals surface area contributed by atoms with Gasteiger partial charge in [0.05, 0.1) is 11.2 Å². The highest BCUT2D eigenvalue weighted by Crippen LogP contribution is 2.20. The molecule has 0 fully saturated rings. The number of carboxylic acid groups (broad SMARTS) is 1. The quantitative estimate of drug-likeness (QED) is 0.916. The van der Waals surface area contributed by atoms with Crippen molar-refractivity contribution in [1.29, 1.82) is 0 Å². The molecule has 2 aromatic heterocycles. The van der Waals surface area contributed by atoms with Crippen molar-refractivity contribution in [3.63, 3.8) is 0 Å². The van der Waals surface area contributed by atoms with E-state index in [0.29, 0.717) is 4.88 Å². The molecule has 0 aliphatic rings. The van der Waals surface area contributed by atoms with E-state index in [2.05, 4.69) is 9.88 Å². The third-order valence-electron chi connectivity index (χ3n) is 2.56. The Hall–Kier alpha value is -1.24. The van der Waals surface area contributed by atoms with Gasteiger partial charge in [0, 0.05) is 22.8 Å². The van der Waals surface area contributed by atoms with Crippen molar-refractivity contribution in [3.05, 3.63) is 38.0 Å². The molecule has 96 valence electrons. The van der Waals surface area contributed by atoms with Crippen LogP contribution in [0.2, 0.25) is 0 Å². The van der Waals surface area contributed by atoms with Gasteiger partial charge in [-0.3, -0.25) is 4.90 Å². The number of hydrogen-bond acceptors (Lipinski definition) is 5. The van der Waals surface area contributed by atoms with Crippen LogP contribution in [0.1, 0.15) is 25.1 Å². The molecule has 2 aromatic rings. The van der Waals surface area contributed by atoms with Gasteiger partial charge in [0.25, 0.3) is 0 Å². The maximum Gasteiger partial charge on any atom is 0.345 e. The lowest BCUT2D eigenvalue weighted by atomic mass is 10.3. The smallest absolute Gasteiger partial charge is 0.345 e. The number of aromatic carboxylic acids is 1. The summed E-state index contributed by atoms with van der Waals surface area (Å²) >= 11 is 2.99. The summed E-state index contributed by atoms with van der Waals surface area (Å²) in [6.07, 6.45) is 0. The van der Waals surface area contributed by atoms with E-state index in [-0.39, 0.29) is 0 Å². The molecular formula is C12H14N2O2S2. The van der Waals surface area contributed by atoms with Crippen molar-refractivity contribution in [3.8, 4) is 0 Å². The van der Waals surface area contributed by atoms with Gasteiger partial charge in [0.15, 0.2) is 0 Å². The Morgan fingerprint density at radius 3 is 2.78 bits per heavy atom. The lowest BCUT2D eigenvalue weighted by molar-refractivity contribution is 0.0702. The van der Waals surface area contributed by atoms with E-state index >= 15 is 0 Å². The van der Waals surface area contributed by atoms with Crippen LogP contribution < -0.4 is 0 Å². The Bertz CT molecular complexity index is 548. The van der Waals surface area contributed by atoms with Crippen LogP contribution in [0.4, 0.5) is 0 Å². The molecule has 0 saturated carbocycles. The molecular weight excluding hydrogens is 268 g/mol. The van der Waals surface area contributed by atoms with Gasteiger partial charge in [-0.1, -0.05) is 0 Å². The highest BCUT2D eigenvalue weighted by Gasteiger charge is 2.10. The van der Waals surface area contributed by atoms with E-state index < -0.39 is 5.97 Å². The SMILES string of the molecule is Cc1ncsc1CN(C)Cc1ccc(C(=O)O)s1. The fraction of sp³-hybridized carbons (Fsp3) is 0.333. The van der Waals surface area contributed by atoms with E-state index in [1.807, 2.05) is 25.5 Å². The van der Waals surface area contributed by atoms with Gasteiger partial charge in [-0.15, -0.1) is 22.7 Å².